The molecule has 0 spiro atoms. The Balaban J connectivity index is 1.87. The molecule has 0 aliphatic carbocycles. The van der Waals surface area contributed by atoms with Gasteiger partial charge in [0.05, 0.1) is 24.0 Å². The minimum Gasteiger partial charge on any atom is -0.501 e. The summed E-state index contributed by atoms with van der Waals surface area (Å²) in [6.45, 7) is 1.73. The van der Waals surface area contributed by atoms with Gasteiger partial charge in [-0.25, -0.2) is 9.37 Å². The van der Waals surface area contributed by atoms with Crippen molar-refractivity contribution in [3.05, 3.63) is 87.4 Å². The van der Waals surface area contributed by atoms with E-state index in [1.165, 1.54) is 37.7 Å². The number of hydrogen-bond acceptors (Lipinski definition) is 8. The Morgan fingerprint density at radius 1 is 1.31 bits per heavy atom. The lowest BCUT2D eigenvalue weighted by atomic mass is 9.80. The van der Waals surface area contributed by atoms with Crippen LogP contribution in [0.5, 0.6) is 5.75 Å². The number of nitriles is 1. The van der Waals surface area contributed by atoms with Crippen LogP contribution in [0.3, 0.4) is 0 Å². The molecule has 4 aromatic rings. The van der Waals surface area contributed by atoms with E-state index < -0.39 is 40.6 Å². The number of aryl methyl sites for hydroxylation is 1. The van der Waals surface area contributed by atoms with E-state index in [1.54, 1.807) is 31.0 Å². The molecule has 12 heteroatoms. The SMILES string of the molecule is C[C@@H](c1nc(C(=O)Nc2cnoc2)c(O)c(=O)n1C)[C@H](c1cnn(C)c1)c1cc(F)ccc1C#N. The van der Waals surface area contributed by atoms with Gasteiger partial charge >= 0.3 is 0 Å². The van der Waals surface area contributed by atoms with Crippen molar-refractivity contribution in [3.63, 3.8) is 0 Å². The minimum atomic E-state index is -0.849. The van der Waals surface area contributed by atoms with Crippen LogP contribution in [-0.4, -0.2) is 35.5 Å². The number of amides is 1. The fraction of sp³-hybridized carbons (Fsp3) is 0.217. The van der Waals surface area contributed by atoms with E-state index in [9.17, 15) is 24.3 Å². The van der Waals surface area contributed by atoms with E-state index >= 15 is 0 Å². The Morgan fingerprint density at radius 3 is 2.71 bits per heavy atom. The highest BCUT2D eigenvalue weighted by atomic mass is 19.1. The summed E-state index contributed by atoms with van der Waals surface area (Å²) < 4.78 is 21.6. The standard InChI is InChI=1S/C23H20FN7O4/c1-12(18(14-8-26-30(2)10-14)17-6-15(24)5-4-13(17)7-25)21-29-19(20(32)23(34)31(21)3)22(33)28-16-9-27-35-11-16/h4-6,8-12,18,32H,1-3H3,(H,28,33)/t12-,18-/m1/s1. The second-order valence-electron chi connectivity index (χ2n) is 7.96. The van der Waals surface area contributed by atoms with Gasteiger partial charge in [0.15, 0.2) is 5.69 Å². The van der Waals surface area contributed by atoms with E-state index in [1.807, 2.05) is 0 Å². The monoisotopic (exact) mass is 477 g/mol. The maximum absolute atomic E-state index is 14.3. The number of halogens is 1. The molecule has 3 aromatic heterocycles. The summed E-state index contributed by atoms with van der Waals surface area (Å²) >= 11 is 0. The average Bonchev–Trinajstić information content (AvgIpc) is 3.49. The van der Waals surface area contributed by atoms with Gasteiger partial charge in [-0.05, 0) is 29.3 Å². The first kappa shape index (κ1) is 23.4. The smallest absolute Gasteiger partial charge is 0.296 e. The van der Waals surface area contributed by atoms with Crippen molar-refractivity contribution in [2.24, 2.45) is 14.1 Å². The predicted octanol–water partition coefficient (Wildman–Crippen LogP) is 2.41. The molecule has 1 aromatic carbocycles. The number of carbonyl (C=O) groups excluding carboxylic acids is 1. The number of carbonyl (C=O) groups is 1. The zero-order chi connectivity index (χ0) is 25.3. The Kier molecular flexibility index (Phi) is 6.16. The van der Waals surface area contributed by atoms with Gasteiger partial charge in [0, 0.05) is 32.1 Å². The number of rotatable bonds is 6. The lowest BCUT2D eigenvalue weighted by molar-refractivity contribution is 0.101. The quantitative estimate of drug-likeness (QED) is 0.429. The number of hydrogen-bond donors (Lipinski definition) is 2. The number of nitrogens with one attached hydrogen (secondary N) is 1. The van der Waals surface area contributed by atoms with Crippen LogP contribution >= 0.6 is 0 Å². The normalized spacial score (nSPS) is 12.7. The number of aromatic hydroxyl groups is 1. The van der Waals surface area contributed by atoms with Crippen LogP contribution in [0.15, 0.2) is 52.4 Å². The van der Waals surface area contributed by atoms with Crippen molar-refractivity contribution in [2.45, 2.75) is 18.8 Å². The molecule has 0 bridgehead atoms. The molecule has 0 aliphatic heterocycles. The van der Waals surface area contributed by atoms with E-state index in [0.717, 1.165) is 4.57 Å². The van der Waals surface area contributed by atoms with Crippen LogP contribution in [0.2, 0.25) is 0 Å². The molecule has 11 nitrogen and oxygen atoms in total. The van der Waals surface area contributed by atoms with Crippen LogP contribution in [0, 0.1) is 17.1 Å². The Labute approximate surface area is 198 Å². The molecule has 0 fully saturated rings. The largest absolute Gasteiger partial charge is 0.501 e. The summed E-state index contributed by atoms with van der Waals surface area (Å²) in [7, 11) is 3.11. The van der Waals surface area contributed by atoms with Gasteiger partial charge in [-0.15, -0.1) is 0 Å². The molecule has 1 amide bonds. The molecule has 0 aliphatic rings. The van der Waals surface area contributed by atoms with E-state index in [-0.39, 0.29) is 17.1 Å². The highest BCUT2D eigenvalue weighted by Crippen LogP contribution is 2.39. The van der Waals surface area contributed by atoms with Gasteiger partial charge in [-0.1, -0.05) is 12.1 Å². The molecule has 0 radical (unpaired) electrons. The summed E-state index contributed by atoms with van der Waals surface area (Å²) in [6, 6.07) is 5.89. The van der Waals surface area contributed by atoms with Crippen molar-refractivity contribution < 1.29 is 18.8 Å². The second-order valence-corrected chi connectivity index (χ2v) is 7.96. The first-order chi connectivity index (χ1) is 16.7. The summed E-state index contributed by atoms with van der Waals surface area (Å²) in [4.78, 5) is 29.9. The molecule has 3 heterocycles. The molecule has 2 atom stereocenters. The first-order valence-electron chi connectivity index (χ1n) is 10.4. The van der Waals surface area contributed by atoms with Crippen LogP contribution in [0.25, 0.3) is 0 Å². The molecule has 4 rings (SSSR count). The van der Waals surface area contributed by atoms with Crippen LogP contribution in [0.1, 0.15) is 51.8 Å². The van der Waals surface area contributed by atoms with Gasteiger partial charge < -0.3 is 14.9 Å². The fourth-order valence-electron chi connectivity index (χ4n) is 4.01. The molecule has 0 saturated carbocycles. The molecule has 0 saturated heterocycles. The lowest BCUT2D eigenvalue weighted by Gasteiger charge is -2.26. The highest BCUT2D eigenvalue weighted by molar-refractivity contribution is 6.04. The van der Waals surface area contributed by atoms with Crippen LogP contribution in [0.4, 0.5) is 10.1 Å². The summed E-state index contributed by atoms with van der Waals surface area (Å²) in [5.74, 6) is -3.41. The van der Waals surface area contributed by atoms with Crippen molar-refractivity contribution in [1.29, 1.82) is 5.26 Å². The highest BCUT2D eigenvalue weighted by Gasteiger charge is 2.31. The average molecular weight is 477 g/mol. The topological polar surface area (TPSA) is 152 Å². The third-order valence-electron chi connectivity index (χ3n) is 5.67. The second kappa shape index (κ2) is 9.22. The Hall–Kier alpha value is -4.79. The zero-order valence-electron chi connectivity index (χ0n) is 18.9. The summed E-state index contributed by atoms with van der Waals surface area (Å²) in [5, 5.41) is 30.2. The fourth-order valence-corrected chi connectivity index (χ4v) is 4.01. The van der Waals surface area contributed by atoms with Crippen LogP contribution in [-0.2, 0) is 14.1 Å². The summed E-state index contributed by atoms with van der Waals surface area (Å²) in [5.41, 5.74) is 0.105. The molecular weight excluding hydrogens is 457 g/mol. The maximum atomic E-state index is 14.3. The Bertz CT molecular complexity index is 1500. The molecule has 35 heavy (non-hydrogen) atoms. The van der Waals surface area contributed by atoms with Crippen molar-refractivity contribution in [1.82, 2.24) is 24.5 Å². The number of anilines is 1. The third-order valence-corrected chi connectivity index (χ3v) is 5.67. The molecular formula is C23H20FN7O4. The van der Waals surface area contributed by atoms with Crippen LogP contribution < -0.4 is 10.9 Å². The Morgan fingerprint density at radius 2 is 2.09 bits per heavy atom. The molecule has 2 N–H and O–H groups in total. The first-order valence-corrected chi connectivity index (χ1v) is 10.4. The zero-order valence-corrected chi connectivity index (χ0v) is 18.9. The van der Waals surface area contributed by atoms with Gasteiger partial charge in [-0.3, -0.25) is 18.8 Å². The van der Waals surface area contributed by atoms with Crippen molar-refractivity contribution in [3.8, 4) is 11.8 Å². The van der Waals surface area contributed by atoms with E-state index in [4.69, 9.17) is 0 Å². The predicted molar refractivity (Wildman–Crippen MR) is 120 cm³/mol. The van der Waals surface area contributed by atoms with E-state index in [0.29, 0.717) is 11.1 Å². The van der Waals surface area contributed by atoms with Crippen molar-refractivity contribution in [2.75, 3.05) is 5.32 Å². The minimum absolute atomic E-state index is 0.130. The molecule has 0 unspecified atom stereocenters. The lowest BCUT2D eigenvalue weighted by Crippen LogP contribution is -2.29. The van der Waals surface area contributed by atoms with Gasteiger partial charge in [-0.2, -0.15) is 10.4 Å². The van der Waals surface area contributed by atoms with E-state index in [2.05, 4.69) is 31.1 Å². The van der Waals surface area contributed by atoms with Gasteiger partial charge in [0.25, 0.3) is 11.5 Å². The maximum Gasteiger partial charge on any atom is 0.296 e. The summed E-state index contributed by atoms with van der Waals surface area (Å²) in [6.07, 6.45) is 5.70. The van der Waals surface area contributed by atoms with Crippen molar-refractivity contribution >= 4 is 11.6 Å². The third kappa shape index (κ3) is 4.39. The molecule has 178 valence electrons. The number of aromatic nitrogens is 5. The van der Waals surface area contributed by atoms with Gasteiger partial charge in [0.2, 0.25) is 5.75 Å². The number of nitrogens with zero attached hydrogens (tertiary/aromatic N) is 6. The van der Waals surface area contributed by atoms with Gasteiger partial charge in [0.1, 0.15) is 23.6 Å². The number of benzene rings is 1.